The molecule has 1 heterocycles. The second-order valence-electron chi connectivity index (χ2n) is 3.71. The fraction of sp³-hybridized carbons (Fsp3) is 0.400. The number of sulfonamides is 1. The molecule has 2 rings (SSSR count). The molecule has 0 amide bonds. The Balaban J connectivity index is 2.28. The van der Waals surface area contributed by atoms with Gasteiger partial charge in [0, 0.05) is 12.1 Å². The lowest BCUT2D eigenvalue weighted by molar-refractivity contribution is 0.174. The maximum Gasteiger partial charge on any atom is 0.232 e. The van der Waals surface area contributed by atoms with Crippen molar-refractivity contribution in [3.63, 3.8) is 0 Å². The zero-order chi connectivity index (χ0) is 12.5. The number of anilines is 2. The van der Waals surface area contributed by atoms with E-state index in [9.17, 15) is 8.42 Å². The van der Waals surface area contributed by atoms with Crippen molar-refractivity contribution in [2.24, 2.45) is 0 Å². The number of ether oxygens (including phenoxy) is 2. The van der Waals surface area contributed by atoms with E-state index >= 15 is 0 Å². The molecule has 0 saturated carbocycles. The zero-order valence-corrected chi connectivity index (χ0v) is 10.2. The summed E-state index contributed by atoms with van der Waals surface area (Å²) in [5, 5.41) is 0. The quantitative estimate of drug-likeness (QED) is 0.790. The topological polar surface area (TPSA) is 90.7 Å². The Morgan fingerprint density at radius 1 is 1.35 bits per heavy atom. The minimum Gasteiger partial charge on any atom is -0.454 e. The molecule has 0 bridgehead atoms. The van der Waals surface area contributed by atoms with E-state index in [1.165, 1.54) is 6.07 Å². The van der Waals surface area contributed by atoms with Crippen molar-refractivity contribution in [1.29, 1.82) is 0 Å². The molecule has 0 atom stereocenters. The van der Waals surface area contributed by atoms with Crippen LogP contribution in [0.1, 0.15) is 13.3 Å². The van der Waals surface area contributed by atoms with E-state index in [4.69, 9.17) is 15.2 Å². The van der Waals surface area contributed by atoms with Crippen LogP contribution in [0.3, 0.4) is 0 Å². The van der Waals surface area contributed by atoms with E-state index in [-0.39, 0.29) is 12.5 Å². The number of nitrogens with one attached hydrogen (secondary N) is 1. The molecule has 0 spiro atoms. The highest BCUT2D eigenvalue weighted by Crippen LogP contribution is 2.38. The molecule has 0 aromatic heterocycles. The number of fused-ring (bicyclic) bond motifs is 1. The Labute approximate surface area is 99.8 Å². The molecule has 1 aliphatic rings. The molecule has 6 nitrogen and oxygen atoms in total. The molecule has 1 aromatic carbocycles. The summed E-state index contributed by atoms with van der Waals surface area (Å²) >= 11 is 0. The van der Waals surface area contributed by atoms with Gasteiger partial charge in [0.25, 0.3) is 0 Å². The monoisotopic (exact) mass is 258 g/mol. The number of nitrogen functional groups attached to an aromatic ring is 1. The van der Waals surface area contributed by atoms with E-state index in [0.29, 0.717) is 29.3 Å². The minimum atomic E-state index is -3.35. The second-order valence-corrected chi connectivity index (χ2v) is 5.56. The minimum absolute atomic E-state index is 0.0564. The molecular formula is C10H14N2O4S. The van der Waals surface area contributed by atoms with Crippen molar-refractivity contribution >= 4 is 21.4 Å². The van der Waals surface area contributed by atoms with E-state index in [2.05, 4.69) is 4.72 Å². The van der Waals surface area contributed by atoms with Gasteiger partial charge in [-0.1, -0.05) is 6.92 Å². The Hall–Kier alpha value is -1.63. The number of nitrogens with two attached hydrogens (primary N) is 1. The van der Waals surface area contributed by atoms with Gasteiger partial charge in [-0.2, -0.15) is 0 Å². The third-order valence-electron chi connectivity index (χ3n) is 2.28. The predicted molar refractivity (Wildman–Crippen MR) is 64.7 cm³/mol. The van der Waals surface area contributed by atoms with Gasteiger partial charge in [-0.25, -0.2) is 8.42 Å². The molecule has 7 heteroatoms. The van der Waals surface area contributed by atoms with Gasteiger partial charge in [-0.05, 0) is 6.42 Å². The van der Waals surface area contributed by atoms with Crippen molar-refractivity contribution in [2.75, 3.05) is 23.0 Å². The van der Waals surface area contributed by atoms with Crippen LogP contribution in [0.2, 0.25) is 0 Å². The molecular weight excluding hydrogens is 244 g/mol. The Morgan fingerprint density at radius 2 is 2.00 bits per heavy atom. The summed E-state index contributed by atoms with van der Waals surface area (Å²) in [5.74, 6) is 1.08. The van der Waals surface area contributed by atoms with Crippen LogP contribution in [0, 0.1) is 0 Å². The largest absolute Gasteiger partial charge is 0.454 e. The van der Waals surface area contributed by atoms with E-state index in [1.54, 1.807) is 13.0 Å². The number of rotatable bonds is 4. The Kier molecular flexibility index (Phi) is 3.01. The van der Waals surface area contributed by atoms with Gasteiger partial charge >= 0.3 is 0 Å². The number of benzene rings is 1. The van der Waals surface area contributed by atoms with E-state index in [1.807, 2.05) is 0 Å². The average molecular weight is 258 g/mol. The van der Waals surface area contributed by atoms with Crippen LogP contribution in [-0.2, 0) is 10.0 Å². The smallest absolute Gasteiger partial charge is 0.232 e. The Morgan fingerprint density at radius 3 is 2.65 bits per heavy atom. The first kappa shape index (κ1) is 11.8. The van der Waals surface area contributed by atoms with E-state index < -0.39 is 10.0 Å². The molecule has 3 N–H and O–H groups in total. The van der Waals surface area contributed by atoms with Crippen molar-refractivity contribution in [2.45, 2.75) is 13.3 Å². The summed E-state index contributed by atoms with van der Waals surface area (Å²) < 4.78 is 35.9. The van der Waals surface area contributed by atoms with Gasteiger partial charge in [-0.3, -0.25) is 4.72 Å². The predicted octanol–water partition coefficient (Wildman–Crippen LogP) is 1.15. The van der Waals surface area contributed by atoms with Crippen LogP contribution in [0.25, 0.3) is 0 Å². The maximum absolute atomic E-state index is 11.6. The third-order valence-corrected chi connectivity index (χ3v) is 3.76. The SMILES string of the molecule is CCCS(=O)(=O)Nc1cc2c(cc1N)OCO2. The summed E-state index contributed by atoms with van der Waals surface area (Å²) in [5.41, 5.74) is 6.37. The highest BCUT2D eigenvalue weighted by atomic mass is 32.2. The first-order valence-electron chi connectivity index (χ1n) is 5.21. The molecule has 0 saturated heterocycles. The summed E-state index contributed by atoms with van der Waals surface area (Å²) in [6, 6.07) is 3.08. The van der Waals surface area contributed by atoms with Crippen molar-refractivity contribution in [1.82, 2.24) is 0 Å². The number of hydrogen-bond acceptors (Lipinski definition) is 5. The van der Waals surface area contributed by atoms with Gasteiger partial charge < -0.3 is 15.2 Å². The van der Waals surface area contributed by atoms with Crippen LogP contribution < -0.4 is 19.9 Å². The van der Waals surface area contributed by atoms with Crippen LogP contribution in [0.15, 0.2) is 12.1 Å². The van der Waals surface area contributed by atoms with Gasteiger partial charge in [0.15, 0.2) is 11.5 Å². The highest BCUT2D eigenvalue weighted by molar-refractivity contribution is 7.92. The fourth-order valence-electron chi connectivity index (χ4n) is 1.53. The second kappa shape index (κ2) is 4.33. The fourth-order valence-corrected chi connectivity index (χ4v) is 2.68. The standard InChI is InChI=1S/C10H14N2O4S/c1-2-3-17(13,14)12-8-5-10-9(4-7(8)11)15-6-16-10/h4-5,12H,2-3,6,11H2,1H3. The Bertz CT molecular complexity index is 527. The van der Waals surface area contributed by atoms with Crippen LogP contribution in [-0.4, -0.2) is 21.0 Å². The summed E-state index contributed by atoms with van der Waals surface area (Å²) in [4.78, 5) is 0. The molecule has 0 radical (unpaired) electrons. The van der Waals surface area contributed by atoms with E-state index in [0.717, 1.165) is 0 Å². The molecule has 1 aliphatic heterocycles. The lowest BCUT2D eigenvalue weighted by atomic mass is 10.2. The molecule has 0 aliphatic carbocycles. The molecule has 1 aromatic rings. The van der Waals surface area contributed by atoms with Crippen LogP contribution in [0.5, 0.6) is 11.5 Å². The molecule has 0 fully saturated rings. The summed E-state index contributed by atoms with van der Waals surface area (Å²) in [6.07, 6.45) is 0.541. The normalized spacial score (nSPS) is 13.7. The lowest BCUT2D eigenvalue weighted by Gasteiger charge is -2.10. The molecule has 94 valence electrons. The van der Waals surface area contributed by atoms with Crippen LogP contribution >= 0.6 is 0 Å². The maximum atomic E-state index is 11.6. The molecule has 0 unspecified atom stereocenters. The average Bonchev–Trinajstić information content (AvgIpc) is 2.64. The van der Waals surface area contributed by atoms with Gasteiger partial charge in [0.2, 0.25) is 16.8 Å². The molecule has 17 heavy (non-hydrogen) atoms. The van der Waals surface area contributed by atoms with Gasteiger partial charge in [-0.15, -0.1) is 0 Å². The van der Waals surface area contributed by atoms with Crippen LogP contribution in [0.4, 0.5) is 11.4 Å². The number of hydrogen-bond donors (Lipinski definition) is 2. The van der Waals surface area contributed by atoms with Crippen molar-refractivity contribution in [3.05, 3.63) is 12.1 Å². The van der Waals surface area contributed by atoms with Crippen molar-refractivity contribution in [3.8, 4) is 11.5 Å². The first-order valence-corrected chi connectivity index (χ1v) is 6.86. The first-order chi connectivity index (χ1) is 8.02. The lowest BCUT2D eigenvalue weighted by Crippen LogP contribution is -2.17. The third kappa shape index (κ3) is 2.55. The zero-order valence-electron chi connectivity index (χ0n) is 9.39. The summed E-state index contributed by atoms with van der Waals surface area (Å²) in [6.45, 7) is 1.92. The van der Waals surface area contributed by atoms with Crippen molar-refractivity contribution < 1.29 is 17.9 Å². The summed E-state index contributed by atoms with van der Waals surface area (Å²) in [7, 11) is -3.35. The van der Waals surface area contributed by atoms with Gasteiger partial charge in [0.1, 0.15) is 0 Å². The van der Waals surface area contributed by atoms with Gasteiger partial charge in [0.05, 0.1) is 17.1 Å². The highest BCUT2D eigenvalue weighted by Gasteiger charge is 2.18.